The number of rotatable bonds is 7. The Morgan fingerprint density at radius 1 is 1.03 bits per heavy atom. The number of benzene rings is 2. The summed E-state index contributed by atoms with van der Waals surface area (Å²) in [6.07, 6.45) is 5.17. The van der Waals surface area contributed by atoms with Crippen LogP contribution >= 0.6 is 35.0 Å². The minimum absolute atomic E-state index is 0.0856. The lowest BCUT2D eigenvalue weighted by Crippen LogP contribution is -2.40. The summed E-state index contributed by atoms with van der Waals surface area (Å²) in [7, 11) is 0. The fourth-order valence-electron chi connectivity index (χ4n) is 4.01. The summed E-state index contributed by atoms with van der Waals surface area (Å²) in [6.45, 7) is 3.36. The van der Waals surface area contributed by atoms with Crippen LogP contribution in [0.25, 0.3) is 0 Å². The number of anilines is 1. The van der Waals surface area contributed by atoms with E-state index in [9.17, 15) is 14.4 Å². The number of hydrogen-bond donors (Lipinski definition) is 2. The third-order valence-electron chi connectivity index (χ3n) is 5.93. The van der Waals surface area contributed by atoms with Gasteiger partial charge in [0.2, 0.25) is 16.9 Å². The van der Waals surface area contributed by atoms with Gasteiger partial charge in [0.25, 0.3) is 0 Å². The topological polar surface area (TPSA) is 75.3 Å². The van der Waals surface area contributed by atoms with E-state index in [0.29, 0.717) is 22.0 Å². The second-order valence-corrected chi connectivity index (χ2v) is 10.6. The predicted octanol–water partition coefficient (Wildman–Crippen LogP) is 6.27. The van der Waals surface area contributed by atoms with E-state index in [0.717, 1.165) is 49.4 Å². The molecule has 0 bridgehead atoms. The minimum Gasteiger partial charge on any atom is -0.345 e. The molecule has 0 aromatic heterocycles. The lowest BCUT2D eigenvalue weighted by molar-refractivity contribution is -0.126. The van der Waals surface area contributed by atoms with Crippen molar-refractivity contribution < 1.29 is 14.4 Å². The van der Waals surface area contributed by atoms with Gasteiger partial charge in [-0.05, 0) is 42.3 Å². The molecule has 3 rings (SSSR count). The van der Waals surface area contributed by atoms with Gasteiger partial charge in [0.05, 0.1) is 15.7 Å². The van der Waals surface area contributed by atoms with Crippen LogP contribution in [-0.4, -0.2) is 23.0 Å². The van der Waals surface area contributed by atoms with E-state index in [2.05, 4.69) is 10.6 Å². The highest BCUT2D eigenvalue weighted by Gasteiger charge is 2.35. The highest BCUT2D eigenvalue weighted by molar-refractivity contribution is 8.14. The highest BCUT2D eigenvalue weighted by Crippen LogP contribution is 2.40. The number of amides is 2. The van der Waals surface area contributed by atoms with Crippen LogP contribution in [-0.2, 0) is 20.8 Å². The number of nitrogens with one attached hydrogen (secondary N) is 2. The monoisotopic (exact) mass is 506 g/mol. The fourth-order valence-corrected chi connectivity index (χ4v) is 5.30. The lowest BCUT2D eigenvalue weighted by Gasteiger charge is -2.32. The Kier molecular flexibility index (Phi) is 8.85. The fraction of sp³-hybridized carbons (Fsp3) is 0.400. The number of carbonyl (C=O) groups excluding carboxylic acids is 3. The smallest absolute Gasteiger partial charge is 0.230 e. The summed E-state index contributed by atoms with van der Waals surface area (Å²) < 4.78 is 0. The van der Waals surface area contributed by atoms with Crippen molar-refractivity contribution in [3.8, 4) is 0 Å². The molecule has 0 saturated heterocycles. The van der Waals surface area contributed by atoms with Crippen molar-refractivity contribution in [2.75, 3.05) is 5.32 Å². The zero-order valence-electron chi connectivity index (χ0n) is 18.8. The van der Waals surface area contributed by atoms with Gasteiger partial charge < -0.3 is 10.6 Å². The van der Waals surface area contributed by atoms with Crippen LogP contribution < -0.4 is 10.6 Å². The molecule has 0 spiro atoms. The largest absolute Gasteiger partial charge is 0.345 e. The van der Waals surface area contributed by atoms with Crippen molar-refractivity contribution in [3.63, 3.8) is 0 Å². The van der Waals surface area contributed by atoms with Gasteiger partial charge >= 0.3 is 0 Å². The number of halogens is 2. The van der Waals surface area contributed by atoms with Gasteiger partial charge in [-0.1, -0.05) is 79.7 Å². The normalized spacial score (nSPS) is 16.0. The van der Waals surface area contributed by atoms with Crippen LogP contribution in [0.1, 0.15) is 51.5 Å². The SMILES string of the molecule is CC(=O)N[C@H](Cc1ccccc1)C(=O)Sc1cc(Cl)c(Cl)cc1NC(=O)C1(C)CCCCC1. The van der Waals surface area contributed by atoms with Crippen LogP contribution in [0.4, 0.5) is 5.69 Å². The van der Waals surface area contributed by atoms with Crippen molar-refractivity contribution in [2.45, 2.75) is 63.3 Å². The summed E-state index contributed by atoms with van der Waals surface area (Å²) >= 11 is 13.4. The molecule has 33 heavy (non-hydrogen) atoms. The maximum Gasteiger partial charge on any atom is 0.230 e. The van der Waals surface area contributed by atoms with Gasteiger partial charge in [0.15, 0.2) is 0 Å². The molecule has 2 N–H and O–H groups in total. The van der Waals surface area contributed by atoms with Gasteiger partial charge in [-0.2, -0.15) is 0 Å². The molecule has 8 heteroatoms. The first-order valence-electron chi connectivity index (χ1n) is 11.0. The van der Waals surface area contributed by atoms with Gasteiger partial charge in [0, 0.05) is 23.7 Å². The highest BCUT2D eigenvalue weighted by atomic mass is 35.5. The van der Waals surface area contributed by atoms with E-state index >= 15 is 0 Å². The predicted molar refractivity (Wildman–Crippen MR) is 135 cm³/mol. The molecule has 0 unspecified atom stereocenters. The molecule has 0 radical (unpaired) electrons. The van der Waals surface area contributed by atoms with Crippen LogP contribution in [0.2, 0.25) is 10.0 Å². The zero-order chi connectivity index (χ0) is 24.0. The van der Waals surface area contributed by atoms with Gasteiger partial charge in [0.1, 0.15) is 6.04 Å². The Morgan fingerprint density at radius 2 is 1.67 bits per heavy atom. The van der Waals surface area contributed by atoms with Crippen LogP contribution in [0.3, 0.4) is 0 Å². The number of hydrogen-bond acceptors (Lipinski definition) is 4. The van der Waals surface area contributed by atoms with Crippen molar-refractivity contribution in [3.05, 3.63) is 58.1 Å². The molecule has 2 aromatic rings. The number of carbonyl (C=O) groups is 3. The molecule has 176 valence electrons. The van der Waals surface area contributed by atoms with Crippen LogP contribution in [0.5, 0.6) is 0 Å². The van der Waals surface area contributed by atoms with Crippen molar-refractivity contribution >= 4 is 57.6 Å². The van der Waals surface area contributed by atoms with Gasteiger partial charge in [-0.15, -0.1) is 0 Å². The maximum absolute atomic E-state index is 13.2. The third-order valence-corrected chi connectivity index (χ3v) is 7.70. The van der Waals surface area contributed by atoms with E-state index in [1.807, 2.05) is 37.3 Å². The molecule has 0 heterocycles. The van der Waals surface area contributed by atoms with Crippen LogP contribution in [0.15, 0.2) is 47.4 Å². The van der Waals surface area contributed by atoms with Gasteiger partial charge in [-0.25, -0.2) is 0 Å². The Hall–Kier alpha value is -2.02. The zero-order valence-corrected chi connectivity index (χ0v) is 21.1. The molecular formula is C25H28Cl2N2O3S. The molecule has 1 aliphatic rings. The van der Waals surface area contributed by atoms with Gasteiger partial charge in [-0.3, -0.25) is 14.4 Å². The van der Waals surface area contributed by atoms with Crippen molar-refractivity contribution in [1.29, 1.82) is 0 Å². The second-order valence-electron chi connectivity index (χ2n) is 8.70. The van der Waals surface area contributed by atoms with E-state index in [4.69, 9.17) is 23.2 Å². The summed E-state index contributed by atoms with van der Waals surface area (Å²) in [6, 6.07) is 11.9. The second kappa shape index (κ2) is 11.4. The molecule has 0 aliphatic heterocycles. The summed E-state index contributed by atoms with van der Waals surface area (Å²) in [4.78, 5) is 38.6. The van der Waals surface area contributed by atoms with Crippen LogP contribution in [0, 0.1) is 5.41 Å². The first-order chi connectivity index (χ1) is 15.7. The Balaban J connectivity index is 1.83. The molecule has 1 saturated carbocycles. The summed E-state index contributed by atoms with van der Waals surface area (Å²) in [5.74, 6) is -0.379. The maximum atomic E-state index is 13.2. The average molecular weight is 507 g/mol. The van der Waals surface area contributed by atoms with E-state index in [-0.39, 0.29) is 22.0 Å². The molecule has 1 fully saturated rings. The first kappa shape index (κ1) is 25.6. The standard InChI is InChI=1S/C25H28Cl2N2O3S/c1-16(30)28-21(13-17-9-5-3-6-10-17)23(31)33-22-15-19(27)18(26)14-20(22)29-24(32)25(2)11-7-4-8-12-25/h3,5-6,9-10,14-15,21H,4,7-8,11-13H2,1-2H3,(H,28,30)(H,29,32)/t21-/m1/s1. The Labute approximate surface area is 209 Å². The first-order valence-corrected chi connectivity index (χ1v) is 12.6. The molecule has 2 amide bonds. The quantitative estimate of drug-likeness (QED) is 0.434. The molecular weight excluding hydrogens is 479 g/mol. The Bertz CT molecular complexity index is 1020. The van der Waals surface area contributed by atoms with E-state index in [1.165, 1.54) is 6.92 Å². The lowest BCUT2D eigenvalue weighted by atomic mass is 9.75. The van der Waals surface area contributed by atoms with E-state index < -0.39 is 11.5 Å². The molecule has 5 nitrogen and oxygen atoms in total. The summed E-state index contributed by atoms with van der Waals surface area (Å²) in [5.41, 5.74) is 0.918. The molecule has 2 aromatic carbocycles. The summed E-state index contributed by atoms with van der Waals surface area (Å²) in [5, 5.41) is 6.04. The minimum atomic E-state index is -0.733. The van der Waals surface area contributed by atoms with E-state index in [1.54, 1.807) is 12.1 Å². The van der Waals surface area contributed by atoms with Crippen molar-refractivity contribution in [2.24, 2.45) is 5.41 Å². The Morgan fingerprint density at radius 3 is 2.30 bits per heavy atom. The third kappa shape index (κ3) is 6.98. The number of thioether (sulfide) groups is 1. The molecule has 1 atom stereocenters. The molecule has 1 aliphatic carbocycles. The van der Waals surface area contributed by atoms with Crippen molar-refractivity contribution in [1.82, 2.24) is 5.32 Å². The average Bonchev–Trinajstić information content (AvgIpc) is 2.77.